The number of rotatable bonds is 9. The molecule has 0 spiro atoms. The highest BCUT2D eigenvalue weighted by atomic mass is 16.5. The van der Waals surface area contributed by atoms with Crippen molar-refractivity contribution in [3.8, 4) is 11.6 Å². The maximum absolute atomic E-state index is 12.6. The van der Waals surface area contributed by atoms with E-state index in [-0.39, 0.29) is 18.6 Å². The summed E-state index contributed by atoms with van der Waals surface area (Å²) in [7, 11) is 0. The number of aromatic nitrogens is 1. The van der Waals surface area contributed by atoms with E-state index in [1.54, 1.807) is 48.7 Å². The number of primary amides is 1. The lowest BCUT2D eigenvalue weighted by molar-refractivity contribution is 0.0949. The molecule has 1 heterocycles. The van der Waals surface area contributed by atoms with Gasteiger partial charge in [0.05, 0.1) is 5.56 Å². The Morgan fingerprint density at radius 1 is 1.00 bits per heavy atom. The third kappa shape index (κ3) is 6.10. The molecule has 1 aromatic heterocycles. The number of hydrogen-bond donors (Lipinski definition) is 2. The Morgan fingerprint density at radius 2 is 1.82 bits per heavy atom. The van der Waals surface area contributed by atoms with Gasteiger partial charge in [-0.2, -0.15) is 0 Å². The van der Waals surface area contributed by atoms with Crippen LogP contribution >= 0.6 is 0 Å². The van der Waals surface area contributed by atoms with Crippen LogP contribution in [0.5, 0.6) is 11.6 Å². The van der Waals surface area contributed by atoms with Gasteiger partial charge in [0, 0.05) is 24.4 Å². The molecule has 33 heavy (non-hydrogen) atoms. The maximum atomic E-state index is 12.6. The smallest absolute Gasteiger partial charge is 0.252 e. The van der Waals surface area contributed by atoms with Crippen LogP contribution in [0.4, 0.5) is 0 Å². The van der Waals surface area contributed by atoms with Crippen molar-refractivity contribution in [2.75, 3.05) is 0 Å². The number of amides is 2. The summed E-state index contributed by atoms with van der Waals surface area (Å²) in [5, 5.41) is 2.91. The first-order chi connectivity index (χ1) is 16.1. The zero-order chi connectivity index (χ0) is 23.0. The molecule has 170 valence electrons. The number of nitrogens with one attached hydrogen (secondary N) is 1. The zero-order valence-electron chi connectivity index (χ0n) is 18.3. The number of benzene rings is 2. The Labute approximate surface area is 192 Å². The van der Waals surface area contributed by atoms with Crippen LogP contribution in [-0.2, 0) is 13.2 Å². The first kappa shape index (κ1) is 22.3. The lowest BCUT2D eigenvalue weighted by Gasteiger charge is -2.12. The summed E-state index contributed by atoms with van der Waals surface area (Å²) in [5.74, 6) is 0.294. The van der Waals surface area contributed by atoms with Crippen LogP contribution in [0.15, 0.2) is 66.9 Å². The van der Waals surface area contributed by atoms with E-state index in [1.807, 2.05) is 18.2 Å². The largest absolute Gasteiger partial charge is 0.488 e. The van der Waals surface area contributed by atoms with Crippen LogP contribution in [0.1, 0.15) is 57.5 Å². The van der Waals surface area contributed by atoms with Gasteiger partial charge in [-0.05, 0) is 61.1 Å². The second-order valence-corrected chi connectivity index (χ2v) is 8.06. The highest BCUT2D eigenvalue weighted by Crippen LogP contribution is 2.23. The number of para-hydroxylation sites is 1. The Bertz CT molecular complexity index is 1110. The molecule has 0 atom stereocenters. The molecule has 3 N–H and O–H groups in total. The summed E-state index contributed by atoms with van der Waals surface area (Å²) < 4.78 is 11.6. The molecule has 7 nitrogen and oxygen atoms in total. The molecular formula is C26H27N3O4. The van der Waals surface area contributed by atoms with Gasteiger partial charge in [-0.25, -0.2) is 4.98 Å². The van der Waals surface area contributed by atoms with Crippen molar-refractivity contribution >= 4 is 11.8 Å². The van der Waals surface area contributed by atoms with E-state index in [2.05, 4.69) is 10.3 Å². The SMILES string of the molecule is NC(=O)c1ccccc1OCc1cccc(C(=O)NCc2ccc(OC3CCCC3)nc2)c1. The van der Waals surface area contributed by atoms with Gasteiger partial charge in [0.1, 0.15) is 18.5 Å². The summed E-state index contributed by atoms with van der Waals surface area (Å²) in [5.41, 5.74) is 7.93. The lowest BCUT2D eigenvalue weighted by atomic mass is 10.1. The predicted octanol–water partition coefficient (Wildman–Crippen LogP) is 4.01. The van der Waals surface area contributed by atoms with E-state index in [0.29, 0.717) is 29.3 Å². The second kappa shape index (κ2) is 10.6. The monoisotopic (exact) mass is 445 g/mol. The van der Waals surface area contributed by atoms with Gasteiger partial charge in [-0.1, -0.05) is 30.3 Å². The van der Waals surface area contributed by atoms with Gasteiger partial charge in [0.15, 0.2) is 0 Å². The van der Waals surface area contributed by atoms with E-state index in [4.69, 9.17) is 15.2 Å². The first-order valence-corrected chi connectivity index (χ1v) is 11.1. The Hall–Kier alpha value is -3.87. The van der Waals surface area contributed by atoms with Crippen molar-refractivity contribution in [3.05, 3.63) is 89.1 Å². The fourth-order valence-corrected chi connectivity index (χ4v) is 3.81. The van der Waals surface area contributed by atoms with Crippen LogP contribution in [0.25, 0.3) is 0 Å². The number of hydrogen-bond acceptors (Lipinski definition) is 5. The van der Waals surface area contributed by atoms with Crippen LogP contribution in [0, 0.1) is 0 Å². The summed E-state index contributed by atoms with van der Waals surface area (Å²) in [6.45, 7) is 0.569. The first-order valence-electron chi connectivity index (χ1n) is 11.1. The van der Waals surface area contributed by atoms with E-state index in [0.717, 1.165) is 24.0 Å². The van der Waals surface area contributed by atoms with E-state index in [1.165, 1.54) is 12.8 Å². The molecule has 0 bridgehead atoms. The van der Waals surface area contributed by atoms with E-state index >= 15 is 0 Å². The molecule has 3 aromatic rings. The third-order valence-corrected chi connectivity index (χ3v) is 5.58. The Morgan fingerprint density at radius 3 is 2.58 bits per heavy atom. The number of pyridine rings is 1. The maximum Gasteiger partial charge on any atom is 0.252 e. The zero-order valence-corrected chi connectivity index (χ0v) is 18.3. The summed E-state index contributed by atoms with van der Waals surface area (Å²) >= 11 is 0. The van der Waals surface area contributed by atoms with Crippen molar-refractivity contribution in [1.29, 1.82) is 0 Å². The van der Waals surface area contributed by atoms with Crippen LogP contribution in [-0.4, -0.2) is 22.9 Å². The molecule has 0 aliphatic heterocycles. The molecule has 0 radical (unpaired) electrons. The van der Waals surface area contributed by atoms with Gasteiger partial charge < -0.3 is 20.5 Å². The minimum absolute atomic E-state index is 0.194. The molecule has 1 fully saturated rings. The topological polar surface area (TPSA) is 104 Å². The van der Waals surface area contributed by atoms with Crippen molar-refractivity contribution in [2.45, 2.75) is 44.9 Å². The van der Waals surface area contributed by atoms with E-state index in [9.17, 15) is 9.59 Å². The normalized spacial score (nSPS) is 13.5. The van der Waals surface area contributed by atoms with Gasteiger partial charge in [-0.15, -0.1) is 0 Å². The minimum Gasteiger partial charge on any atom is -0.488 e. The quantitative estimate of drug-likeness (QED) is 0.518. The van der Waals surface area contributed by atoms with Crippen molar-refractivity contribution in [1.82, 2.24) is 10.3 Å². The highest BCUT2D eigenvalue weighted by molar-refractivity contribution is 5.95. The number of carbonyl (C=O) groups excluding carboxylic acids is 2. The van der Waals surface area contributed by atoms with Crippen LogP contribution in [0.2, 0.25) is 0 Å². The average molecular weight is 446 g/mol. The molecular weight excluding hydrogens is 418 g/mol. The van der Waals surface area contributed by atoms with Gasteiger partial charge in [0.2, 0.25) is 5.88 Å². The molecule has 0 unspecified atom stereocenters. The predicted molar refractivity (Wildman–Crippen MR) is 124 cm³/mol. The summed E-state index contributed by atoms with van der Waals surface area (Å²) in [6, 6.07) is 17.7. The van der Waals surface area contributed by atoms with Crippen molar-refractivity contribution in [2.24, 2.45) is 5.73 Å². The standard InChI is InChI=1S/C26H27N3O4/c27-25(30)22-10-3-4-11-23(22)32-17-18-6-5-7-20(14-18)26(31)29-16-19-12-13-24(28-15-19)33-21-8-1-2-9-21/h3-7,10-15,21H,1-2,8-9,16-17H2,(H2,27,30)(H,29,31). The lowest BCUT2D eigenvalue weighted by Crippen LogP contribution is -2.23. The molecule has 1 aliphatic carbocycles. The molecule has 1 saturated carbocycles. The molecule has 2 amide bonds. The van der Waals surface area contributed by atoms with Gasteiger partial charge in [-0.3, -0.25) is 9.59 Å². The van der Waals surface area contributed by atoms with Crippen molar-refractivity contribution in [3.63, 3.8) is 0 Å². The molecule has 7 heteroatoms. The summed E-state index contributed by atoms with van der Waals surface area (Å²) in [6.07, 6.45) is 6.59. The molecule has 2 aromatic carbocycles. The summed E-state index contributed by atoms with van der Waals surface area (Å²) in [4.78, 5) is 28.5. The highest BCUT2D eigenvalue weighted by Gasteiger charge is 2.17. The number of nitrogens with two attached hydrogens (primary N) is 1. The number of ether oxygens (including phenoxy) is 2. The third-order valence-electron chi connectivity index (χ3n) is 5.58. The average Bonchev–Trinajstić information content (AvgIpc) is 3.35. The molecule has 4 rings (SSSR count). The Kier molecular flexibility index (Phi) is 7.19. The Balaban J connectivity index is 1.31. The van der Waals surface area contributed by atoms with Gasteiger partial charge >= 0.3 is 0 Å². The van der Waals surface area contributed by atoms with Gasteiger partial charge in [0.25, 0.3) is 11.8 Å². The van der Waals surface area contributed by atoms with Crippen molar-refractivity contribution < 1.29 is 19.1 Å². The fourth-order valence-electron chi connectivity index (χ4n) is 3.81. The fraction of sp³-hybridized carbons (Fsp3) is 0.269. The van der Waals surface area contributed by atoms with Crippen LogP contribution < -0.4 is 20.5 Å². The van der Waals surface area contributed by atoms with Crippen LogP contribution in [0.3, 0.4) is 0 Å². The second-order valence-electron chi connectivity index (χ2n) is 8.06. The minimum atomic E-state index is -0.550. The number of nitrogens with zero attached hydrogens (tertiary/aromatic N) is 1. The number of carbonyl (C=O) groups is 2. The molecule has 0 saturated heterocycles. The molecule has 1 aliphatic rings. The van der Waals surface area contributed by atoms with E-state index < -0.39 is 5.91 Å².